The maximum atomic E-state index is 12.7. The van der Waals surface area contributed by atoms with Gasteiger partial charge in [-0.3, -0.25) is 14.3 Å². The molecule has 24 heavy (non-hydrogen) atoms. The molecule has 7 heteroatoms. The van der Waals surface area contributed by atoms with Crippen LogP contribution in [0.15, 0.2) is 35.1 Å². The molecule has 6 nitrogen and oxygen atoms in total. The Labute approximate surface area is 147 Å². The van der Waals surface area contributed by atoms with E-state index in [0.29, 0.717) is 5.69 Å². The van der Waals surface area contributed by atoms with E-state index in [9.17, 15) is 9.59 Å². The summed E-state index contributed by atoms with van der Waals surface area (Å²) in [6, 6.07) is 9.20. The van der Waals surface area contributed by atoms with Crippen molar-refractivity contribution in [2.24, 2.45) is 7.05 Å². The van der Waals surface area contributed by atoms with Gasteiger partial charge in [0.05, 0.1) is 17.4 Å². The summed E-state index contributed by atoms with van der Waals surface area (Å²) in [5, 5.41) is 6.03. The molecule has 1 atom stereocenters. The summed E-state index contributed by atoms with van der Waals surface area (Å²) in [4.78, 5) is 25.1. The molecular weight excluding hydrogens is 328 g/mol. The van der Waals surface area contributed by atoms with Crippen LogP contribution in [0, 0.1) is 6.92 Å². The van der Waals surface area contributed by atoms with Crippen LogP contribution in [-0.2, 0) is 11.8 Å². The van der Waals surface area contributed by atoms with Gasteiger partial charge in [0, 0.05) is 7.05 Å². The summed E-state index contributed by atoms with van der Waals surface area (Å²) in [6.45, 7) is 2.69. The van der Waals surface area contributed by atoms with Gasteiger partial charge in [0.25, 0.3) is 5.56 Å². The van der Waals surface area contributed by atoms with Crippen molar-refractivity contribution in [2.45, 2.75) is 32.2 Å². The lowest BCUT2D eigenvalue weighted by atomic mass is 10.0. The van der Waals surface area contributed by atoms with E-state index < -0.39 is 0 Å². The first kappa shape index (κ1) is 18.3. The molecule has 0 saturated carbocycles. The van der Waals surface area contributed by atoms with E-state index in [1.165, 1.54) is 0 Å². The Morgan fingerprint density at radius 3 is 2.58 bits per heavy atom. The minimum Gasteiger partial charge on any atom is -0.319 e. The largest absolute Gasteiger partial charge is 0.319 e. The fourth-order valence-electron chi connectivity index (χ4n) is 3.00. The van der Waals surface area contributed by atoms with E-state index >= 15 is 0 Å². The third kappa shape index (κ3) is 3.39. The summed E-state index contributed by atoms with van der Waals surface area (Å²) >= 11 is 0. The normalized spacial score (nSPS) is 17.2. The van der Waals surface area contributed by atoms with E-state index in [2.05, 4.69) is 10.6 Å². The number of hydrogen-bond donors (Lipinski definition) is 2. The van der Waals surface area contributed by atoms with Gasteiger partial charge >= 0.3 is 0 Å². The summed E-state index contributed by atoms with van der Waals surface area (Å²) in [7, 11) is 1.82. The van der Waals surface area contributed by atoms with Crippen molar-refractivity contribution < 1.29 is 4.79 Å². The smallest absolute Gasteiger partial charge is 0.295 e. The third-order valence-corrected chi connectivity index (χ3v) is 4.43. The minimum atomic E-state index is -0.215. The molecule has 0 aliphatic carbocycles. The lowest BCUT2D eigenvalue weighted by Gasteiger charge is -2.22. The van der Waals surface area contributed by atoms with Gasteiger partial charge in [-0.25, -0.2) is 4.68 Å². The fourth-order valence-corrected chi connectivity index (χ4v) is 3.00. The SMILES string of the molecule is Cc1c(NC(=O)C2CCCCN2)c(=O)n(-c2ccccc2)n1C.Cl. The second kappa shape index (κ2) is 7.68. The van der Waals surface area contributed by atoms with Crippen molar-refractivity contribution in [3.63, 3.8) is 0 Å². The van der Waals surface area contributed by atoms with Crippen LogP contribution in [0.25, 0.3) is 5.69 Å². The fraction of sp³-hybridized carbons (Fsp3) is 0.412. The average molecular weight is 351 g/mol. The van der Waals surface area contributed by atoms with Gasteiger partial charge in [0.15, 0.2) is 0 Å². The minimum absolute atomic E-state index is 0. The first-order chi connectivity index (χ1) is 11.1. The first-order valence-corrected chi connectivity index (χ1v) is 7.98. The van der Waals surface area contributed by atoms with Crippen molar-refractivity contribution in [3.05, 3.63) is 46.4 Å². The zero-order valence-electron chi connectivity index (χ0n) is 13.9. The van der Waals surface area contributed by atoms with Gasteiger partial charge in [-0.1, -0.05) is 24.6 Å². The molecule has 1 fully saturated rings. The molecule has 1 aliphatic rings. The van der Waals surface area contributed by atoms with E-state index in [0.717, 1.165) is 37.2 Å². The Balaban J connectivity index is 0.00000208. The summed E-state index contributed by atoms with van der Waals surface area (Å²) in [6.07, 6.45) is 2.94. The molecule has 1 amide bonds. The van der Waals surface area contributed by atoms with Crippen LogP contribution in [0.4, 0.5) is 5.69 Å². The molecule has 3 rings (SSSR count). The number of rotatable bonds is 3. The number of piperidine rings is 1. The molecule has 1 aromatic heterocycles. The van der Waals surface area contributed by atoms with Gasteiger partial charge in [-0.2, -0.15) is 0 Å². The van der Waals surface area contributed by atoms with Crippen LogP contribution in [0.1, 0.15) is 25.0 Å². The van der Waals surface area contributed by atoms with Gasteiger partial charge in [0.1, 0.15) is 5.69 Å². The third-order valence-electron chi connectivity index (χ3n) is 4.43. The molecule has 1 aromatic carbocycles. The summed E-state index contributed by atoms with van der Waals surface area (Å²) in [5.41, 5.74) is 1.66. The van der Waals surface area contributed by atoms with Crippen molar-refractivity contribution in [1.82, 2.24) is 14.7 Å². The van der Waals surface area contributed by atoms with Gasteiger partial charge in [-0.05, 0) is 38.4 Å². The second-order valence-corrected chi connectivity index (χ2v) is 5.93. The average Bonchev–Trinajstić information content (AvgIpc) is 2.80. The van der Waals surface area contributed by atoms with Crippen LogP contribution in [0.5, 0.6) is 0 Å². The summed E-state index contributed by atoms with van der Waals surface area (Å²) < 4.78 is 3.33. The predicted octanol–water partition coefficient (Wildman–Crippen LogP) is 1.99. The molecular formula is C17H23ClN4O2. The number of carbonyl (C=O) groups is 1. The Hall–Kier alpha value is -2.05. The van der Waals surface area contributed by atoms with Crippen molar-refractivity contribution in [3.8, 4) is 5.69 Å². The number of aromatic nitrogens is 2. The number of hydrogen-bond acceptors (Lipinski definition) is 3. The highest BCUT2D eigenvalue weighted by Crippen LogP contribution is 2.15. The number of amides is 1. The monoisotopic (exact) mass is 350 g/mol. The molecule has 2 heterocycles. The Bertz CT molecular complexity index is 761. The molecule has 2 aromatic rings. The number of carbonyl (C=O) groups excluding carboxylic acids is 1. The lowest BCUT2D eigenvalue weighted by molar-refractivity contribution is -0.118. The van der Waals surface area contributed by atoms with Crippen LogP contribution in [0.3, 0.4) is 0 Å². The first-order valence-electron chi connectivity index (χ1n) is 7.98. The van der Waals surface area contributed by atoms with E-state index in [-0.39, 0.29) is 29.9 Å². The maximum absolute atomic E-state index is 12.7. The molecule has 1 saturated heterocycles. The maximum Gasteiger partial charge on any atom is 0.295 e. The molecule has 1 aliphatic heterocycles. The second-order valence-electron chi connectivity index (χ2n) is 5.93. The summed E-state index contributed by atoms with van der Waals surface area (Å²) in [5.74, 6) is -0.129. The van der Waals surface area contributed by atoms with E-state index in [1.54, 1.807) is 9.36 Å². The van der Waals surface area contributed by atoms with Crippen LogP contribution in [-0.4, -0.2) is 27.9 Å². The topological polar surface area (TPSA) is 68.1 Å². The Morgan fingerprint density at radius 1 is 1.25 bits per heavy atom. The van der Waals surface area contributed by atoms with E-state index in [4.69, 9.17) is 0 Å². The van der Waals surface area contributed by atoms with Crippen molar-refractivity contribution in [1.29, 1.82) is 0 Å². The quantitative estimate of drug-likeness (QED) is 0.889. The van der Waals surface area contributed by atoms with Gasteiger partial charge in [-0.15, -0.1) is 12.4 Å². The Kier molecular flexibility index (Phi) is 5.85. The number of para-hydroxylation sites is 1. The number of nitrogens with zero attached hydrogens (tertiary/aromatic N) is 2. The van der Waals surface area contributed by atoms with Crippen molar-refractivity contribution >= 4 is 24.0 Å². The molecule has 1 unspecified atom stereocenters. The number of benzene rings is 1. The number of nitrogens with one attached hydrogen (secondary N) is 2. The molecule has 130 valence electrons. The highest BCUT2D eigenvalue weighted by Gasteiger charge is 2.24. The molecule has 0 bridgehead atoms. The molecule has 2 N–H and O–H groups in total. The highest BCUT2D eigenvalue weighted by molar-refractivity contribution is 5.95. The molecule has 0 spiro atoms. The van der Waals surface area contributed by atoms with Gasteiger partial charge < -0.3 is 10.6 Å². The lowest BCUT2D eigenvalue weighted by Crippen LogP contribution is -2.44. The predicted molar refractivity (Wildman–Crippen MR) is 97.3 cm³/mol. The number of anilines is 1. The highest BCUT2D eigenvalue weighted by atomic mass is 35.5. The van der Waals surface area contributed by atoms with E-state index in [1.807, 2.05) is 44.3 Å². The van der Waals surface area contributed by atoms with Crippen LogP contribution in [0.2, 0.25) is 0 Å². The van der Waals surface area contributed by atoms with Crippen LogP contribution < -0.4 is 16.2 Å². The zero-order valence-corrected chi connectivity index (χ0v) is 14.7. The van der Waals surface area contributed by atoms with Crippen LogP contribution >= 0.6 is 12.4 Å². The standard InChI is InChI=1S/C17H22N4O2.ClH/c1-12-15(19-16(22)14-10-6-7-11-18-14)17(23)21(20(12)2)13-8-4-3-5-9-13;/h3-5,8-9,14,18H,6-7,10-11H2,1-2H3,(H,19,22);1H. The molecule has 0 radical (unpaired) electrons. The zero-order chi connectivity index (χ0) is 16.4. The Morgan fingerprint density at radius 2 is 1.96 bits per heavy atom. The number of halogens is 1. The van der Waals surface area contributed by atoms with Gasteiger partial charge in [0.2, 0.25) is 5.91 Å². The van der Waals surface area contributed by atoms with Crippen molar-refractivity contribution in [2.75, 3.05) is 11.9 Å².